The smallest absolute Gasteiger partial charge is 0.407 e. The van der Waals surface area contributed by atoms with E-state index in [1.54, 1.807) is 5.32 Å². The fourth-order valence-corrected chi connectivity index (χ4v) is 0.774. The van der Waals surface area contributed by atoms with Gasteiger partial charge in [0.25, 0.3) is 0 Å². The fraction of sp³-hybridized carbons (Fsp3) is 0.857. The number of carbonyl (C=O) groups is 1. The van der Waals surface area contributed by atoms with Crippen LogP contribution in [0.5, 0.6) is 0 Å². The van der Waals surface area contributed by atoms with Crippen LogP contribution < -0.4 is 5.32 Å². The first-order valence-electron chi connectivity index (χ1n) is 3.99. The van der Waals surface area contributed by atoms with Crippen LogP contribution in [0, 0.1) is 0 Å². The van der Waals surface area contributed by atoms with Crippen molar-refractivity contribution >= 4 is 17.7 Å². The monoisotopic (exact) mass is 233 g/mol. The molecule has 0 atom stereocenters. The predicted octanol–water partition coefficient (Wildman–Crippen LogP) is 2.29. The van der Waals surface area contributed by atoms with E-state index in [4.69, 9.17) is 11.6 Å². The second kappa shape index (κ2) is 6.75. The molecule has 0 fully saturated rings. The van der Waals surface area contributed by atoms with Crippen LogP contribution in [0.3, 0.4) is 0 Å². The number of alkyl carbamates (subject to hydrolysis) is 1. The Morgan fingerprint density at radius 1 is 1.36 bits per heavy atom. The minimum absolute atomic E-state index is 0.0798. The van der Waals surface area contributed by atoms with E-state index in [9.17, 15) is 18.0 Å². The predicted molar refractivity (Wildman–Crippen MR) is 45.4 cm³/mol. The minimum Gasteiger partial charge on any atom is -0.450 e. The molecule has 0 rings (SSSR count). The second-order valence-electron chi connectivity index (χ2n) is 2.50. The summed E-state index contributed by atoms with van der Waals surface area (Å²) in [7, 11) is 0. The molecule has 0 aromatic carbocycles. The zero-order valence-electron chi connectivity index (χ0n) is 7.36. The molecular weight excluding hydrogens is 223 g/mol. The molecule has 0 aliphatic rings. The normalized spacial score (nSPS) is 11.1. The summed E-state index contributed by atoms with van der Waals surface area (Å²) in [6, 6.07) is 0. The summed E-state index contributed by atoms with van der Waals surface area (Å²) in [5.41, 5.74) is 0. The molecule has 14 heavy (non-hydrogen) atoms. The van der Waals surface area contributed by atoms with Gasteiger partial charge in [-0.25, -0.2) is 4.79 Å². The van der Waals surface area contributed by atoms with Crippen molar-refractivity contribution in [3.8, 4) is 0 Å². The molecular formula is C7H11ClF3NO2. The lowest BCUT2D eigenvalue weighted by molar-refractivity contribution is -0.123. The van der Waals surface area contributed by atoms with Crippen molar-refractivity contribution in [3.63, 3.8) is 0 Å². The van der Waals surface area contributed by atoms with Crippen molar-refractivity contribution in [1.82, 2.24) is 5.32 Å². The highest BCUT2D eigenvalue weighted by molar-refractivity contribution is 6.17. The number of carbonyl (C=O) groups excluding carboxylic acids is 1. The van der Waals surface area contributed by atoms with Gasteiger partial charge < -0.3 is 10.1 Å². The summed E-state index contributed by atoms with van der Waals surface area (Å²) in [4.78, 5) is 10.6. The Kier molecular flexibility index (Phi) is 6.44. The van der Waals surface area contributed by atoms with E-state index in [-0.39, 0.29) is 6.61 Å². The highest BCUT2D eigenvalue weighted by Gasteiger charge is 2.27. The Morgan fingerprint density at radius 2 is 2.00 bits per heavy atom. The molecule has 0 aromatic heterocycles. The summed E-state index contributed by atoms with van der Waals surface area (Å²) in [6.45, 7) is -1.29. The maximum absolute atomic E-state index is 11.6. The standard InChI is InChI=1S/C7H11ClF3NO2/c8-3-1-2-4-14-6(13)12-5-7(9,10)11/h1-5H2,(H,12,13). The number of halogens is 4. The van der Waals surface area contributed by atoms with Crippen LogP contribution in [0.4, 0.5) is 18.0 Å². The number of ether oxygens (including phenoxy) is 1. The van der Waals surface area contributed by atoms with Crippen molar-refractivity contribution < 1.29 is 22.7 Å². The molecule has 0 bridgehead atoms. The zero-order chi connectivity index (χ0) is 11.0. The van der Waals surface area contributed by atoms with Crippen LogP contribution in [0.1, 0.15) is 12.8 Å². The van der Waals surface area contributed by atoms with Gasteiger partial charge in [0.15, 0.2) is 0 Å². The lowest BCUT2D eigenvalue weighted by Gasteiger charge is -2.08. The maximum atomic E-state index is 11.6. The number of unbranched alkanes of at least 4 members (excludes halogenated alkanes) is 1. The summed E-state index contributed by atoms with van der Waals surface area (Å²) in [6.07, 6.45) is -4.26. The molecule has 0 spiro atoms. The SMILES string of the molecule is O=C(NCC(F)(F)F)OCCCCCl. The van der Waals surface area contributed by atoms with Gasteiger partial charge >= 0.3 is 12.3 Å². The molecule has 0 saturated carbocycles. The molecule has 7 heteroatoms. The van der Waals surface area contributed by atoms with Crippen molar-refractivity contribution in [1.29, 1.82) is 0 Å². The van der Waals surface area contributed by atoms with Gasteiger partial charge in [0.05, 0.1) is 6.61 Å². The van der Waals surface area contributed by atoms with Gasteiger partial charge in [-0.2, -0.15) is 13.2 Å². The van der Waals surface area contributed by atoms with Gasteiger partial charge in [0, 0.05) is 5.88 Å². The van der Waals surface area contributed by atoms with Gasteiger partial charge in [-0.3, -0.25) is 0 Å². The quantitative estimate of drug-likeness (QED) is 0.585. The van der Waals surface area contributed by atoms with Crippen LogP contribution in [0.25, 0.3) is 0 Å². The van der Waals surface area contributed by atoms with E-state index in [2.05, 4.69) is 4.74 Å². The Morgan fingerprint density at radius 3 is 2.50 bits per heavy atom. The summed E-state index contributed by atoms with van der Waals surface area (Å²) in [5, 5.41) is 1.58. The third kappa shape index (κ3) is 9.44. The van der Waals surface area contributed by atoms with Crippen LogP contribution in [0.15, 0.2) is 0 Å². The maximum Gasteiger partial charge on any atom is 0.407 e. The first-order chi connectivity index (χ1) is 6.45. The summed E-state index contributed by atoms with van der Waals surface area (Å²) in [5.74, 6) is 0.438. The Balaban J connectivity index is 3.38. The van der Waals surface area contributed by atoms with Gasteiger partial charge in [0.2, 0.25) is 0 Å². The van der Waals surface area contributed by atoms with E-state index in [1.165, 1.54) is 0 Å². The molecule has 84 valence electrons. The van der Waals surface area contributed by atoms with E-state index in [0.29, 0.717) is 18.7 Å². The average Bonchev–Trinajstić information content (AvgIpc) is 2.08. The number of rotatable bonds is 5. The lowest BCUT2D eigenvalue weighted by Crippen LogP contribution is -2.34. The molecule has 1 N–H and O–H groups in total. The largest absolute Gasteiger partial charge is 0.450 e. The Hall–Kier alpha value is -0.650. The molecule has 0 saturated heterocycles. The first-order valence-corrected chi connectivity index (χ1v) is 4.52. The number of amides is 1. The van der Waals surface area contributed by atoms with E-state index >= 15 is 0 Å². The van der Waals surface area contributed by atoms with Gasteiger partial charge in [-0.15, -0.1) is 11.6 Å². The van der Waals surface area contributed by atoms with E-state index in [0.717, 1.165) is 0 Å². The van der Waals surface area contributed by atoms with Crippen molar-refractivity contribution in [2.24, 2.45) is 0 Å². The highest BCUT2D eigenvalue weighted by Crippen LogP contribution is 2.12. The molecule has 1 amide bonds. The van der Waals surface area contributed by atoms with Crippen LogP contribution in [-0.4, -0.2) is 31.3 Å². The van der Waals surface area contributed by atoms with E-state index in [1.807, 2.05) is 0 Å². The van der Waals surface area contributed by atoms with E-state index < -0.39 is 18.8 Å². The first kappa shape index (κ1) is 13.4. The van der Waals surface area contributed by atoms with Crippen LogP contribution in [0.2, 0.25) is 0 Å². The molecule has 0 heterocycles. The molecule has 0 unspecified atom stereocenters. The topological polar surface area (TPSA) is 38.3 Å². The molecule has 0 aliphatic heterocycles. The molecule has 3 nitrogen and oxygen atoms in total. The number of alkyl halides is 4. The third-order valence-corrected chi connectivity index (χ3v) is 1.46. The number of hydrogen-bond acceptors (Lipinski definition) is 2. The second-order valence-corrected chi connectivity index (χ2v) is 2.88. The average molecular weight is 234 g/mol. The Labute approximate surface area is 84.6 Å². The summed E-state index contributed by atoms with van der Waals surface area (Å²) >= 11 is 5.33. The molecule has 0 aromatic rings. The minimum atomic E-state index is -4.41. The fourth-order valence-electron chi connectivity index (χ4n) is 0.585. The molecule has 0 radical (unpaired) electrons. The lowest BCUT2D eigenvalue weighted by atomic mass is 10.4. The van der Waals surface area contributed by atoms with Crippen LogP contribution in [-0.2, 0) is 4.74 Å². The van der Waals surface area contributed by atoms with Gasteiger partial charge in [-0.05, 0) is 12.8 Å². The zero-order valence-corrected chi connectivity index (χ0v) is 8.12. The highest BCUT2D eigenvalue weighted by atomic mass is 35.5. The Bertz CT molecular complexity index is 175. The van der Waals surface area contributed by atoms with Gasteiger partial charge in [-0.1, -0.05) is 0 Å². The van der Waals surface area contributed by atoms with Gasteiger partial charge in [0.1, 0.15) is 6.54 Å². The number of hydrogen-bond donors (Lipinski definition) is 1. The summed E-state index contributed by atoms with van der Waals surface area (Å²) < 4.78 is 39.1. The molecule has 0 aliphatic carbocycles. The van der Waals surface area contributed by atoms with Crippen molar-refractivity contribution in [2.75, 3.05) is 19.0 Å². The van der Waals surface area contributed by atoms with Crippen LogP contribution >= 0.6 is 11.6 Å². The third-order valence-electron chi connectivity index (χ3n) is 1.19. The van der Waals surface area contributed by atoms with Crippen molar-refractivity contribution in [2.45, 2.75) is 19.0 Å². The van der Waals surface area contributed by atoms with Crippen molar-refractivity contribution in [3.05, 3.63) is 0 Å². The number of nitrogens with one attached hydrogen (secondary N) is 1.